The average Bonchev–Trinajstić information content (AvgIpc) is 3.12. The fourth-order valence-corrected chi connectivity index (χ4v) is 3.98. The second kappa shape index (κ2) is 8.45. The second-order valence-corrected chi connectivity index (χ2v) is 7.77. The van der Waals surface area contributed by atoms with E-state index in [0.717, 1.165) is 29.8 Å². The largest absolute Gasteiger partial charge is 0.451 e. The van der Waals surface area contributed by atoms with Crippen LogP contribution in [-0.4, -0.2) is 29.5 Å². The standard InChI is InChI=1S/C20H24N2O3S/c1-13-7-9-15(10-8-13)19-22-17(12-26-19)20(24)25-11-18(23)21-16-6-4-3-5-14(16)2/h7-10,12,14,16H,3-6,11H2,1-2H3,(H,21,23)/t14-,16-/m1/s1. The van der Waals surface area contributed by atoms with Gasteiger partial charge in [0, 0.05) is 17.0 Å². The van der Waals surface area contributed by atoms with E-state index in [-0.39, 0.29) is 24.2 Å². The molecule has 1 saturated carbocycles. The maximum atomic E-state index is 12.1. The van der Waals surface area contributed by atoms with Crippen LogP contribution in [0.3, 0.4) is 0 Å². The van der Waals surface area contributed by atoms with Crippen molar-refractivity contribution in [1.29, 1.82) is 0 Å². The highest BCUT2D eigenvalue weighted by Crippen LogP contribution is 2.25. The molecule has 1 aromatic heterocycles. The molecule has 2 aromatic rings. The van der Waals surface area contributed by atoms with Gasteiger partial charge in [0.05, 0.1) is 0 Å². The van der Waals surface area contributed by atoms with E-state index in [4.69, 9.17) is 4.74 Å². The van der Waals surface area contributed by atoms with Gasteiger partial charge in [-0.2, -0.15) is 0 Å². The molecule has 0 unspecified atom stereocenters. The molecule has 1 N–H and O–H groups in total. The second-order valence-electron chi connectivity index (χ2n) is 6.92. The molecule has 0 saturated heterocycles. The fraction of sp³-hybridized carbons (Fsp3) is 0.450. The van der Waals surface area contributed by atoms with Crippen LogP contribution >= 0.6 is 11.3 Å². The number of aromatic nitrogens is 1. The molecule has 2 atom stereocenters. The smallest absolute Gasteiger partial charge is 0.358 e. The van der Waals surface area contributed by atoms with Crippen LogP contribution in [0, 0.1) is 12.8 Å². The number of nitrogens with one attached hydrogen (secondary N) is 1. The summed E-state index contributed by atoms with van der Waals surface area (Å²) in [6.45, 7) is 3.91. The number of benzene rings is 1. The van der Waals surface area contributed by atoms with Crippen LogP contribution in [0.5, 0.6) is 0 Å². The number of rotatable bonds is 5. The Kier molecular flexibility index (Phi) is 6.04. The van der Waals surface area contributed by atoms with Crippen LogP contribution in [-0.2, 0) is 9.53 Å². The maximum absolute atomic E-state index is 12.1. The van der Waals surface area contributed by atoms with Crippen LogP contribution in [0.25, 0.3) is 10.6 Å². The summed E-state index contributed by atoms with van der Waals surface area (Å²) in [5.74, 6) is -0.337. The Morgan fingerprint density at radius 1 is 1.23 bits per heavy atom. The van der Waals surface area contributed by atoms with Crippen LogP contribution in [0.15, 0.2) is 29.6 Å². The van der Waals surface area contributed by atoms with Gasteiger partial charge in [-0.05, 0) is 25.7 Å². The highest BCUT2D eigenvalue weighted by Gasteiger charge is 2.23. The third-order valence-corrected chi connectivity index (χ3v) is 5.70. The van der Waals surface area contributed by atoms with Crippen LogP contribution in [0.2, 0.25) is 0 Å². The van der Waals surface area contributed by atoms with Crippen LogP contribution in [0.4, 0.5) is 0 Å². The van der Waals surface area contributed by atoms with Crippen molar-refractivity contribution in [2.75, 3.05) is 6.61 Å². The number of ether oxygens (including phenoxy) is 1. The molecule has 0 spiro atoms. The Morgan fingerprint density at radius 3 is 2.69 bits per heavy atom. The van der Waals surface area contributed by atoms with Crippen molar-refractivity contribution in [3.8, 4) is 10.6 Å². The van der Waals surface area contributed by atoms with Crippen molar-refractivity contribution < 1.29 is 14.3 Å². The van der Waals surface area contributed by atoms with Crippen molar-refractivity contribution in [2.45, 2.75) is 45.6 Å². The van der Waals surface area contributed by atoms with Crippen molar-refractivity contribution in [3.63, 3.8) is 0 Å². The van der Waals surface area contributed by atoms with E-state index in [1.807, 2.05) is 31.2 Å². The lowest BCUT2D eigenvalue weighted by atomic mass is 9.86. The monoisotopic (exact) mass is 372 g/mol. The van der Waals surface area contributed by atoms with Gasteiger partial charge < -0.3 is 10.1 Å². The zero-order chi connectivity index (χ0) is 18.5. The third-order valence-electron chi connectivity index (χ3n) is 4.80. The first-order valence-electron chi connectivity index (χ1n) is 9.02. The quantitative estimate of drug-likeness (QED) is 0.807. The summed E-state index contributed by atoms with van der Waals surface area (Å²) in [5.41, 5.74) is 2.37. The Hall–Kier alpha value is -2.21. The molecule has 5 nitrogen and oxygen atoms in total. The topological polar surface area (TPSA) is 68.3 Å². The van der Waals surface area contributed by atoms with Crippen molar-refractivity contribution >= 4 is 23.2 Å². The molecule has 1 aromatic carbocycles. The predicted octanol–water partition coefficient (Wildman–Crippen LogP) is 3.97. The molecule has 1 fully saturated rings. The lowest BCUT2D eigenvalue weighted by molar-refractivity contribution is -0.125. The zero-order valence-electron chi connectivity index (χ0n) is 15.2. The fourth-order valence-electron chi connectivity index (χ4n) is 3.18. The molecule has 1 aliphatic carbocycles. The number of amides is 1. The summed E-state index contributed by atoms with van der Waals surface area (Å²) >= 11 is 1.39. The molecule has 1 amide bonds. The van der Waals surface area contributed by atoms with Crippen molar-refractivity contribution in [1.82, 2.24) is 10.3 Å². The summed E-state index contributed by atoms with van der Waals surface area (Å²) in [5, 5.41) is 5.40. The molecule has 138 valence electrons. The number of hydrogen-bond acceptors (Lipinski definition) is 5. The van der Waals surface area contributed by atoms with E-state index in [2.05, 4.69) is 17.2 Å². The minimum absolute atomic E-state index is 0.183. The number of nitrogens with zero attached hydrogens (tertiary/aromatic N) is 1. The molecule has 0 radical (unpaired) electrons. The average molecular weight is 372 g/mol. The van der Waals surface area contributed by atoms with Crippen molar-refractivity contribution in [3.05, 3.63) is 40.9 Å². The Morgan fingerprint density at radius 2 is 1.96 bits per heavy atom. The SMILES string of the molecule is Cc1ccc(-c2nc(C(=O)OCC(=O)N[C@@H]3CCCC[C@H]3C)cs2)cc1. The highest BCUT2D eigenvalue weighted by atomic mass is 32.1. The molecule has 0 bridgehead atoms. The predicted molar refractivity (Wildman–Crippen MR) is 102 cm³/mol. The Balaban J connectivity index is 1.52. The van der Waals surface area contributed by atoms with E-state index >= 15 is 0 Å². The lowest BCUT2D eigenvalue weighted by Crippen LogP contribution is -2.42. The summed E-state index contributed by atoms with van der Waals surface area (Å²) in [6, 6.07) is 8.14. The van der Waals surface area contributed by atoms with Gasteiger partial charge in [0.1, 0.15) is 5.01 Å². The summed E-state index contributed by atoms with van der Waals surface area (Å²) in [6.07, 6.45) is 4.48. The number of aryl methyl sites for hydroxylation is 1. The van der Waals surface area contributed by atoms with Gasteiger partial charge in [0.25, 0.3) is 5.91 Å². The van der Waals surface area contributed by atoms with Gasteiger partial charge in [-0.25, -0.2) is 9.78 Å². The molecule has 26 heavy (non-hydrogen) atoms. The van der Waals surface area contributed by atoms with E-state index in [1.54, 1.807) is 5.38 Å². The van der Waals surface area contributed by atoms with Gasteiger partial charge in [-0.1, -0.05) is 49.6 Å². The van der Waals surface area contributed by atoms with E-state index < -0.39 is 5.97 Å². The highest BCUT2D eigenvalue weighted by molar-refractivity contribution is 7.13. The van der Waals surface area contributed by atoms with Crippen LogP contribution < -0.4 is 5.32 Å². The van der Waals surface area contributed by atoms with Gasteiger partial charge in [0.2, 0.25) is 0 Å². The number of carbonyl (C=O) groups is 2. The first kappa shape index (κ1) is 18.6. The summed E-state index contributed by atoms with van der Waals surface area (Å²) in [4.78, 5) is 28.5. The summed E-state index contributed by atoms with van der Waals surface area (Å²) in [7, 11) is 0. The molecule has 6 heteroatoms. The van der Waals surface area contributed by atoms with E-state index in [0.29, 0.717) is 5.92 Å². The zero-order valence-corrected chi connectivity index (χ0v) is 16.0. The third kappa shape index (κ3) is 4.69. The van der Waals surface area contributed by atoms with Crippen molar-refractivity contribution in [2.24, 2.45) is 5.92 Å². The first-order valence-corrected chi connectivity index (χ1v) is 9.90. The maximum Gasteiger partial charge on any atom is 0.358 e. The molecule has 0 aliphatic heterocycles. The molecule has 3 rings (SSSR count). The molecule has 1 heterocycles. The normalized spacial score (nSPS) is 19.8. The minimum Gasteiger partial charge on any atom is -0.451 e. The first-order chi connectivity index (χ1) is 12.5. The lowest BCUT2D eigenvalue weighted by Gasteiger charge is -2.29. The number of hydrogen-bond donors (Lipinski definition) is 1. The number of esters is 1. The Bertz CT molecular complexity index is 770. The van der Waals surface area contributed by atoms with Gasteiger partial charge in [-0.3, -0.25) is 4.79 Å². The van der Waals surface area contributed by atoms with E-state index in [9.17, 15) is 9.59 Å². The molecular formula is C20H24N2O3S. The summed E-state index contributed by atoms with van der Waals surface area (Å²) < 4.78 is 5.13. The van der Waals surface area contributed by atoms with Gasteiger partial charge in [0.15, 0.2) is 12.3 Å². The van der Waals surface area contributed by atoms with Gasteiger partial charge >= 0.3 is 5.97 Å². The number of thiazole rings is 1. The minimum atomic E-state index is -0.563. The van der Waals surface area contributed by atoms with E-state index in [1.165, 1.54) is 23.3 Å². The van der Waals surface area contributed by atoms with Gasteiger partial charge in [-0.15, -0.1) is 11.3 Å². The number of carbonyl (C=O) groups excluding carboxylic acids is 2. The Labute approximate surface area is 157 Å². The molecular weight excluding hydrogens is 348 g/mol. The van der Waals surface area contributed by atoms with Crippen LogP contribution in [0.1, 0.15) is 48.7 Å². The molecule has 1 aliphatic rings.